The van der Waals surface area contributed by atoms with E-state index in [0.717, 1.165) is 49.8 Å². The molecule has 0 spiro atoms. The Balaban J connectivity index is 1.90. The topological polar surface area (TPSA) is 32.3 Å². The first-order valence-corrected chi connectivity index (χ1v) is 7.04. The summed E-state index contributed by atoms with van der Waals surface area (Å²) in [5.74, 6) is 0. The zero-order valence-corrected chi connectivity index (χ0v) is 11.3. The molecule has 0 amide bonds. The second-order valence-electron chi connectivity index (χ2n) is 5.39. The summed E-state index contributed by atoms with van der Waals surface area (Å²) in [6, 6.07) is 5.21. The molecular weight excluding hydrogens is 267 g/mol. The molecule has 0 aliphatic heterocycles. The lowest BCUT2D eigenvalue weighted by Gasteiger charge is -2.22. The molecule has 2 nitrogen and oxygen atoms in total. The van der Waals surface area contributed by atoms with E-state index in [2.05, 4.69) is 5.32 Å². The third-order valence-corrected chi connectivity index (χ3v) is 3.83. The van der Waals surface area contributed by atoms with E-state index in [1.165, 1.54) is 12.1 Å². The molecule has 0 bridgehead atoms. The minimum atomic E-state index is -4.29. The standard InChI is InChI=1S/C15H20F3NO/c16-15(17,18)12-8-6-11(7-9-12)10-19-13-4-2-1-3-5-14(13)20/h6-9,13-14,19-20H,1-5,10H2. The summed E-state index contributed by atoms with van der Waals surface area (Å²) >= 11 is 0. The zero-order valence-electron chi connectivity index (χ0n) is 11.3. The highest BCUT2D eigenvalue weighted by atomic mass is 19.4. The summed E-state index contributed by atoms with van der Waals surface area (Å²) in [7, 11) is 0. The lowest BCUT2D eigenvalue weighted by Crippen LogP contribution is -2.38. The minimum Gasteiger partial charge on any atom is -0.392 e. The Hall–Kier alpha value is -1.07. The van der Waals surface area contributed by atoms with Crippen LogP contribution in [0.5, 0.6) is 0 Å². The Bertz CT molecular complexity index is 416. The number of hydrogen-bond acceptors (Lipinski definition) is 2. The number of halogens is 3. The van der Waals surface area contributed by atoms with Gasteiger partial charge in [0.25, 0.3) is 0 Å². The molecule has 0 saturated heterocycles. The fourth-order valence-electron chi connectivity index (χ4n) is 2.59. The van der Waals surface area contributed by atoms with Crippen LogP contribution < -0.4 is 5.32 Å². The van der Waals surface area contributed by atoms with E-state index in [4.69, 9.17) is 0 Å². The van der Waals surface area contributed by atoms with E-state index in [0.29, 0.717) is 6.54 Å². The van der Waals surface area contributed by atoms with Crippen molar-refractivity contribution in [3.63, 3.8) is 0 Å². The molecule has 0 radical (unpaired) electrons. The highest BCUT2D eigenvalue weighted by Gasteiger charge is 2.30. The molecule has 1 aromatic rings. The van der Waals surface area contributed by atoms with Crippen molar-refractivity contribution >= 4 is 0 Å². The molecule has 1 fully saturated rings. The molecule has 0 heterocycles. The molecule has 5 heteroatoms. The zero-order chi connectivity index (χ0) is 14.6. The van der Waals surface area contributed by atoms with E-state index in [1.54, 1.807) is 0 Å². The normalized spacial score (nSPS) is 24.4. The SMILES string of the molecule is OC1CCCCCC1NCc1ccc(C(F)(F)F)cc1. The Labute approximate surface area is 117 Å². The van der Waals surface area contributed by atoms with Crippen molar-refractivity contribution in [1.82, 2.24) is 5.32 Å². The summed E-state index contributed by atoms with van der Waals surface area (Å²) < 4.78 is 37.3. The van der Waals surface area contributed by atoms with Gasteiger partial charge in [0.2, 0.25) is 0 Å². The fourth-order valence-corrected chi connectivity index (χ4v) is 2.59. The molecule has 2 N–H and O–H groups in total. The maximum Gasteiger partial charge on any atom is 0.416 e. The molecule has 2 rings (SSSR count). The van der Waals surface area contributed by atoms with Crippen LogP contribution >= 0.6 is 0 Å². The predicted molar refractivity (Wildman–Crippen MR) is 71.2 cm³/mol. The van der Waals surface area contributed by atoms with E-state index in [9.17, 15) is 18.3 Å². The van der Waals surface area contributed by atoms with Gasteiger partial charge in [-0.15, -0.1) is 0 Å². The predicted octanol–water partition coefficient (Wildman–Crippen LogP) is 3.49. The van der Waals surface area contributed by atoms with E-state index >= 15 is 0 Å². The van der Waals surface area contributed by atoms with Gasteiger partial charge in [-0.05, 0) is 30.5 Å². The van der Waals surface area contributed by atoms with E-state index < -0.39 is 11.7 Å². The second-order valence-corrected chi connectivity index (χ2v) is 5.39. The first-order valence-electron chi connectivity index (χ1n) is 7.04. The van der Waals surface area contributed by atoms with E-state index in [-0.39, 0.29) is 12.1 Å². The van der Waals surface area contributed by atoms with Crippen LogP contribution in [0.15, 0.2) is 24.3 Å². The van der Waals surface area contributed by atoms with Gasteiger partial charge in [0.15, 0.2) is 0 Å². The van der Waals surface area contributed by atoms with Gasteiger partial charge in [-0.25, -0.2) is 0 Å². The third-order valence-electron chi connectivity index (χ3n) is 3.83. The number of rotatable bonds is 3. The highest BCUT2D eigenvalue weighted by Crippen LogP contribution is 2.29. The van der Waals surface area contributed by atoms with Crippen molar-refractivity contribution in [2.24, 2.45) is 0 Å². The van der Waals surface area contributed by atoms with Gasteiger partial charge in [-0.3, -0.25) is 0 Å². The fraction of sp³-hybridized carbons (Fsp3) is 0.600. The number of nitrogens with one attached hydrogen (secondary N) is 1. The molecule has 2 unspecified atom stereocenters. The monoisotopic (exact) mass is 287 g/mol. The van der Waals surface area contributed by atoms with Crippen LogP contribution in [0.3, 0.4) is 0 Å². The summed E-state index contributed by atoms with van der Waals surface area (Å²) in [6.45, 7) is 0.486. The molecular formula is C15H20F3NO. The smallest absolute Gasteiger partial charge is 0.392 e. The van der Waals surface area contributed by atoms with Crippen molar-refractivity contribution in [3.05, 3.63) is 35.4 Å². The van der Waals surface area contributed by atoms with Gasteiger partial charge in [-0.1, -0.05) is 31.4 Å². The Kier molecular flexibility index (Phi) is 5.05. The number of benzene rings is 1. The molecule has 0 aromatic heterocycles. The van der Waals surface area contributed by atoms with Gasteiger partial charge in [0.05, 0.1) is 11.7 Å². The Morgan fingerprint density at radius 3 is 2.35 bits per heavy atom. The summed E-state index contributed by atoms with van der Waals surface area (Å²) in [5.41, 5.74) is 0.171. The van der Waals surface area contributed by atoms with Crippen LogP contribution in [0.2, 0.25) is 0 Å². The summed E-state index contributed by atoms with van der Waals surface area (Å²) in [4.78, 5) is 0. The molecule has 2 atom stereocenters. The van der Waals surface area contributed by atoms with Crippen molar-refractivity contribution in [2.75, 3.05) is 0 Å². The van der Waals surface area contributed by atoms with Crippen molar-refractivity contribution in [1.29, 1.82) is 0 Å². The maximum atomic E-state index is 12.4. The number of aliphatic hydroxyl groups is 1. The van der Waals surface area contributed by atoms with Crippen LogP contribution in [0.1, 0.15) is 43.2 Å². The van der Waals surface area contributed by atoms with Gasteiger partial charge >= 0.3 is 6.18 Å². The first kappa shape index (κ1) is 15.3. The van der Waals surface area contributed by atoms with Gasteiger partial charge in [-0.2, -0.15) is 13.2 Å². The van der Waals surface area contributed by atoms with Crippen LogP contribution in [0, 0.1) is 0 Å². The van der Waals surface area contributed by atoms with Gasteiger partial charge in [0.1, 0.15) is 0 Å². The highest BCUT2D eigenvalue weighted by molar-refractivity contribution is 5.24. The minimum absolute atomic E-state index is 0.0415. The lowest BCUT2D eigenvalue weighted by molar-refractivity contribution is -0.137. The van der Waals surface area contributed by atoms with Crippen LogP contribution in [0.4, 0.5) is 13.2 Å². The van der Waals surface area contributed by atoms with Gasteiger partial charge < -0.3 is 10.4 Å². The van der Waals surface area contributed by atoms with Crippen LogP contribution in [0.25, 0.3) is 0 Å². The average molecular weight is 287 g/mol. The number of alkyl halides is 3. The van der Waals surface area contributed by atoms with Crippen molar-refractivity contribution in [2.45, 2.75) is 57.0 Å². The molecule has 20 heavy (non-hydrogen) atoms. The molecule has 112 valence electrons. The second kappa shape index (κ2) is 6.59. The number of aliphatic hydroxyl groups excluding tert-OH is 1. The van der Waals surface area contributed by atoms with E-state index in [1.807, 2.05) is 0 Å². The molecule has 1 aliphatic carbocycles. The largest absolute Gasteiger partial charge is 0.416 e. The lowest BCUT2D eigenvalue weighted by atomic mass is 10.1. The van der Waals surface area contributed by atoms with Crippen LogP contribution in [-0.2, 0) is 12.7 Å². The average Bonchev–Trinajstić information content (AvgIpc) is 2.61. The maximum absolute atomic E-state index is 12.4. The molecule has 1 aliphatic rings. The number of hydrogen-bond donors (Lipinski definition) is 2. The van der Waals surface area contributed by atoms with Crippen molar-refractivity contribution < 1.29 is 18.3 Å². The Morgan fingerprint density at radius 1 is 1.05 bits per heavy atom. The van der Waals surface area contributed by atoms with Gasteiger partial charge in [0, 0.05) is 12.6 Å². The first-order chi connectivity index (χ1) is 9.47. The third kappa shape index (κ3) is 4.21. The quantitative estimate of drug-likeness (QED) is 0.834. The summed E-state index contributed by atoms with van der Waals surface area (Å²) in [5, 5.41) is 13.2. The van der Waals surface area contributed by atoms with Crippen LogP contribution in [-0.4, -0.2) is 17.3 Å². The molecule has 1 saturated carbocycles. The summed E-state index contributed by atoms with van der Waals surface area (Å²) in [6.07, 6.45) is 0.333. The van der Waals surface area contributed by atoms with Crippen molar-refractivity contribution in [3.8, 4) is 0 Å². The molecule has 1 aromatic carbocycles. The Morgan fingerprint density at radius 2 is 1.70 bits per heavy atom.